The molecule has 0 heterocycles. The molecule has 0 aromatic heterocycles. The van der Waals surface area contributed by atoms with Crippen molar-refractivity contribution in [3.05, 3.63) is 12.2 Å². The third-order valence-electron chi connectivity index (χ3n) is 3.49. The Bertz CT molecular complexity index is 227. The molecule has 0 atom stereocenters. The lowest BCUT2D eigenvalue weighted by molar-refractivity contribution is -0.139. The molecule has 0 unspecified atom stereocenters. The number of esters is 1. The first-order chi connectivity index (χ1) is 7.51. The van der Waals surface area contributed by atoms with Gasteiger partial charge in [0.25, 0.3) is 0 Å². The standard InChI is InChI=1S/C14H26O2/c1-6-9-14(7-2,8-3)10-11-16-13(15)12(4)5/h4,6-11H2,1-3,5H3. The molecule has 0 rings (SSSR count). The van der Waals surface area contributed by atoms with Gasteiger partial charge in [-0.05, 0) is 25.2 Å². The molecule has 0 bridgehead atoms. The number of carbonyl (C=O) groups is 1. The molecule has 16 heavy (non-hydrogen) atoms. The molecular weight excluding hydrogens is 200 g/mol. The molecule has 0 aromatic carbocycles. The summed E-state index contributed by atoms with van der Waals surface area (Å²) < 4.78 is 5.17. The molecule has 2 nitrogen and oxygen atoms in total. The van der Waals surface area contributed by atoms with Crippen LogP contribution < -0.4 is 0 Å². The molecule has 0 N–H and O–H groups in total. The monoisotopic (exact) mass is 226 g/mol. The Morgan fingerprint density at radius 3 is 2.12 bits per heavy atom. The van der Waals surface area contributed by atoms with E-state index in [-0.39, 0.29) is 5.97 Å². The summed E-state index contributed by atoms with van der Waals surface area (Å²) in [6, 6.07) is 0. The Morgan fingerprint density at radius 1 is 1.19 bits per heavy atom. The summed E-state index contributed by atoms with van der Waals surface area (Å²) in [6.45, 7) is 12.4. The van der Waals surface area contributed by atoms with E-state index in [2.05, 4.69) is 27.4 Å². The van der Waals surface area contributed by atoms with Crippen molar-refractivity contribution in [3.8, 4) is 0 Å². The third kappa shape index (κ3) is 4.82. The van der Waals surface area contributed by atoms with E-state index < -0.39 is 0 Å². The molecule has 0 spiro atoms. The Labute approximate surface area is 100 Å². The maximum absolute atomic E-state index is 11.2. The summed E-state index contributed by atoms with van der Waals surface area (Å²) >= 11 is 0. The van der Waals surface area contributed by atoms with Gasteiger partial charge in [-0.2, -0.15) is 0 Å². The van der Waals surface area contributed by atoms with Crippen molar-refractivity contribution in [1.82, 2.24) is 0 Å². The summed E-state index contributed by atoms with van der Waals surface area (Å²) in [5, 5.41) is 0. The van der Waals surface area contributed by atoms with E-state index in [1.165, 1.54) is 12.8 Å². The highest BCUT2D eigenvalue weighted by Gasteiger charge is 2.25. The van der Waals surface area contributed by atoms with Crippen molar-refractivity contribution in [2.24, 2.45) is 5.41 Å². The molecule has 0 aromatic rings. The van der Waals surface area contributed by atoms with Gasteiger partial charge in [-0.15, -0.1) is 0 Å². The Morgan fingerprint density at radius 2 is 1.75 bits per heavy atom. The normalized spacial score (nSPS) is 11.2. The minimum absolute atomic E-state index is 0.266. The van der Waals surface area contributed by atoms with Crippen LogP contribution in [0.5, 0.6) is 0 Å². The summed E-state index contributed by atoms with van der Waals surface area (Å²) in [5.41, 5.74) is 0.832. The average molecular weight is 226 g/mol. The summed E-state index contributed by atoms with van der Waals surface area (Å²) in [6.07, 6.45) is 5.68. The van der Waals surface area contributed by atoms with Gasteiger partial charge in [0.05, 0.1) is 6.61 Å². The van der Waals surface area contributed by atoms with Crippen molar-refractivity contribution in [2.45, 2.75) is 59.8 Å². The Kier molecular flexibility index (Phi) is 7.11. The molecule has 0 aliphatic heterocycles. The molecule has 0 fully saturated rings. The van der Waals surface area contributed by atoms with E-state index in [1.807, 2.05) is 0 Å². The number of hydrogen-bond donors (Lipinski definition) is 0. The predicted octanol–water partition coefficient (Wildman–Crippen LogP) is 4.10. The molecule has 0 saturated heterocycles. The number of rotatable bonds is 8. The number of hydrogen-bond acceptors (Lipinski definition) is 2. The summed E-state index contributed by atoms with van der Waals surface area (Å²) in [7, 11) is 0. The van der Waals surface area contributed by atoms with Crippen molar-refractivity contribution in [3.63, 3.8) is 0 Å². The van der Waals surface area contributed by atoms with Gasteiger partial charge in [0.2, 0.25) is 0 Å². The van der Waals surface area contributed by atoms with Crippen LogP contribution in [0.4, 0.5) is 0 Å². The SMILES string of the molecule is C=C(C)C(=O)OCCC(CC)(CC)CCC. The van der Waals surface area contributed by atoms with Gasteiger partial charge in [0, 0.05) is 5.57 Å². The fourth-order valence-electron chi connectivity index (χ4n) is 2.10. The second-order valence-corrected chi connectivity index (χ2v) is 4.62. The molecule has 0 aliphatic carbocycles. The third-order valence-corrected chi connectivity index (χ3v) is 3.49. The number of carbonyl (C=O) groups excluding carboxylic acids is 1. The maximum atomic E-state index is 11.2. The lowest BCUT2D eigenvalue weighted by atomic mass is 9.76. The maximum Gasteiger partial charge on any atom is 0.333 e. The zero-order chi connectivity index (χ0) is 12.6. The summed E-state index contributed by atoms with van der Waals surface area (Å²) in [4.78, 5) is 11.2. The first-order valence-electron chi connectivity index (χ1n) is 6.34. The van der Waals surface area contributed by atoms with Crippen LogP contribution in [0.25, 0.3) is 0 Å². The van der Waals surface area contributed by atoms with Crippen LogP contribution in [0.3, 0.4) is 0 Å². The Hall–Kier alpha value is -0.790. The van der Waals surface area contributed by atoms with Gasteiger partial charge in [0.1, 0.15) is 0 Å². The minimum atomic E-state index is -0.266. The van der Waals surface area contributed by atoms with Crippen LogP contribution in [0.15, 0.2) is 12.2 Å². The van der Waals surface area contributed by atoms with Gasteiger partial charge < -0.3 is 4.74 Å². The highest BCUT2D eigenvalue weighted by atomic mass is 16.5. The van der Waals surface area contributed by atoms with E-state index in [0.717, 1.165) is 19.3 Å². The second-order valence-electron chi connectivity index (χ2n) is 4.62. The van der Waals surface area contributed by atoms with E-state index in [0.29, 0.717) is 17.6 Å². The van der Waals surface area contributed by atoms with Crippen molar-refractivity contribution in [1.29, 1.82) is 0 Å². The first kappa shape index (κ1) is 15.2. The Balaban J connectivity index is 4.12. The zero-order valence-electron chi connectivity index (χ0n) is 11.3. The van der Waals surface area contributed by atoms with Crippen LogP contribution in [-0.2, 0) is 9.53 Å². The fraction of sp³-hybridized carbons (Fsp3) is 0.786. The van der Waals surface area contributed by atoms with E-state index in [4.69, 9.17) is 4.74 Å². The lowest BCUT2D eigenvalue weighted by Crippen LogP contribution is -2.22. The smallest absolute Gasteiger partial charge is 0.333 e. The van der Waals surface area contributed by atoms with Crippen molar-refractivity contribution in [2.75, 3.05) is 6.61 Å². The van der Waals surface area contributed by atoms with Crippen LogP contribution in [-0.4, -0.2) is 12.6 Å². The van der Waals surface area contributed by atoms with Gasteiger partial charge in [-0.1, -0.05) is 46.6 Å². The molecule has 94 valence electrons. The van der Waals surface area contributed by atoms with E-state index in [1.54, 1.807) is 6.92 Å². The topological polar surface area (TPSA) is 26.3 Å². The fourth-order valence-corrected chi connectivity index (χ4v) is 2.10. The van der Waals surface area contributed by atoms with Crippen molar-refractivity contribution >= 4 is 5.97 Å². The second kappa shape index (κ2) is 7.48. The summed E-state index contributed by atoms with van der Waals surface area (Å²) in [5.74, 6) is -0.266. The number of ether oxygens (including phenoxy) is 1. The molecular formula is C14H26O2. The van der Waals surface area contributed by atoms with Crippen LogP contribution >= 0.6 is 0 Å². The van der Waals surface area contributed by atoms with Crippen molar-refractivity contribution < 1.29 is 9.53 Å². The molecule has 0 saturated carbocycles. The first-order valence-corrected chi connectivity index (χ1v) is 6.34. The van der Waals surface area contributed by atoms with Crippen LogP contribution in [0.1, 0.15) is 59.8 Å². The molecule has 2 heteroatoms. The highest BCUT2D eigenvalue weighted by Crippen LogP contribution is 2.35. The van der Waals surface area contributed by atoms with Gasteiger partial charge in [-0.25, -0.2) is 4.79 Å². The molecule has 0 radical (unpaired) electrons. The van der Waals surface area contributed by atoms with E-state index in [9.17, 15) is 4.79 Å². The molecule has 0 amide bonds. The molecule has 0 aliphatic rings. The van der Waals surface area contributed by atoms with Gasteiger partial charge in [0.15, 0.2) is 0 Å². The van der Waals surface area contributed by atoms with Crippen LogP contribution in [0, 0.1) is 5.41 Å². The average Bonchev–Trinajstić information content (AvgIpc) is 2.27. The predicted molar refractivity (Wildman–Crippen MR) is 68.3 cm³/mol. The minimum Gasteiger partial charge on any atom is -0.462 e. The van der Waals surface area contributed by atoms with Gasteiger partial charge >= 0.3 is 5.97 Å². The van der Waals surface area contributed by atoms with E-state index >= 15 is 0 Å². The van der Waals surface area contributed by atoms with Crippen LogP contribution in [0.2, 0.25) is 0 Å². The lowest BCUT2D eigenvalue weighted by Gasteiger charge is -2.31. The highest BCUT2D eigenvalue weighted by molar-refractivity contribution is 5.86. The largest absolute Gasteiger partial charge is 0.462 e. The quantitative estimate of drug-likeness (QED) is 0.460. The zero-order valence-corrected chi connectivity index (χ0v) is 11.3. The van der Waals surface area contributed by atoms with Gasteiger partial charge in [-0.3, -0.25) is 0 Å².